The Morgan fingerprint density at radius 2 is 2.00 bits per heavy atom. The molecule has 0 fully saturated rings. The van der Waals surface area contributed by atoms with Crippen molar-refractivity contribution >= 4 is 15.9 Å². The van der Waals surface area contributed by atoms with E-state index in [0.717, 1.165) is 15.8 Å². The maximum Gasteiger partial charge on any atom is 0.123 e. The van der Waals surface area contributed by atoms with Gasteiger partial charge in [-0.3, -0.25) is 0 Å². The van der Waals surface area contributed by atoms with E-state index in [-0.39, 0.29) is 11.5 Å². The summed E-state index contributed by atoms with van der Waals surface area (Å²) in [5.74, 6) is 0.901. The second kappa shape index (κ2) is 6.04. The van der Waals surface area contributed by atoms with E-state index >= 15 is 0 Å². The summed E-state index contributed by atoms with van der Waals surface area (Å²) < 4.78 is 6.54. The number of methoxy groups -OCH3 is 1. The molecule has 2 N–H and O–H groups in total. The van der Waals surface area contributed by atoms with Crippen molar-refractivity contribution in [3.63, 3.8) is 0 Å². The van der Waals surface area contributed by atoms with Gasteiger partial charge in [0.1, 0.15) is 5.75 Å². The lowest BCUT2D eigenvalue weighted by atomic mass is 9.79. The molecule has 1 rings (SSSR count). The maximum absolute atomic E-state index is 5.93. The Labute approximate surface area is 118 Å². The van der Waals surface area contributed by atoms with Crippen molar-refractivity contribution in [2.24, 2.45) is 11.1 Å². The Balaban J connectivity index is 3.34. The number of nitrogens with two attached hydrogens (primary N) is 1. The highest BCUT2D eigenvalue weighted by molar-refractivity contribution is 9.10. The summed E-state index contributed by atoms with van der Waals surface area (Å²) in [7, 11) is 5.85. The van der Waals surface area contributed by atoms with Gasteiger partial charge >= 0.3 is 0 Å². The van der Waals surface area contributed by atoms with Gasteiger partial charge < -0.3 is 15.4 Å². The lowest BCUT2D eigenvalue weighted by Gasteiger charge is -2.39. The van der Waals surface area contributed by atoms with Crippen LogP contribution in [-0.4, -0.2) is 32.6 Å². The molecule has 0 saturated heterocycles. The highest BCUT2D eigenvalue weighted by atomic mass is 79.9. The van der Waals surface area contributed by atoms with Crippen LogP contribution in [0.25, 0.3) is 0 Å². The molecule has 0 saturated carbocycles. The molecule has 0 aliphatic carbocycles. The van der Waals surface area contributed by atoms with Gasteiger partial charge in [0, 0.05) is 16.1 Å². The third-order valence-corrected chi connectivity index (χ3v) is 3.76. The van der Waals surface area contributed by atoms with Crippen molar-refractivity contribution in [1.82, 2.24) is 4.90 Å². The van der Waals surface area contributed by atoms with Crippen LogP contribution in [0.4, 0.5) is 0 Å². The van der Waals surface area contributed by atoms with E-state index < -0.39 is 0 Å². The first-order chi connectivity index (χ1) is 8.33. The smallest absolute Gasteiger partial charge is 0.123 e. The first-order valence-corrected chi connectivity index (χ1v) is 6.82. The molecule has 4 heteroatoms. The van der Waals surface area contributed by atoms with Crippen LogP contribution in [0.1, 0.15) is 25.5 Å². The average molecular weight is 315 g/mol. The topological polar surface area (TPSA) is 38.5 Å². The maximum atomic E-state index is 5.93. The van der Waals surface area contributed by atoms with E-state index in [1.807, 2.05) is 12.1 Å². The third-order valence-electron chi connectivity index (χ3n) is 3.27. The van der Waals surface area contributed by atoms with Gasteiger partial charge in [-0.2, -0.15) is 0 Å². The van der Waals surface area contributed by atoms with Gasteiger partial charge in [-0.1, -0.05) is 29.8 Å². The normalized spacial score (nSPS) is 13.8. The fourth-order valence-corrected chi connectivity index (χ4v) is 2.81. The Hall–Kier alpha value is -0.580. The van der Waals surface area contributed by atoms with Crippen molar-refractivity contribution in [2.75, 3.05) is 27.7 Å². The van der Waals surface area contributed by atoms with E-state index in [0.29, 0.717) is 6.54 Å². The largest absolute Gasteiger partial charge is 0.496 e. The van der Waals surface area contributed by atoms with Crippen molar-refractivity contribution in [2.45, 2.75) is 19.9 Å². The van der Waals surface area contributed by atoms with Crippen molar-refractivity contribution in [1.29, 1.82) is 0 Å². The number of benzene rings is 1. The second-order valence-electron chi connectivity index (χ2n) is 5.45. The molecule has 1 unspecified atom stereocenters. The lowest BCUT2D eigenvalue weighted by Crippen LogP contribution is -2.38. The minimum absolute atomic E-state index is 0.0302. The van der Waals surface area contributed by atoms with Crippen molar-refractivity contribution in [3.05, 3.63) is 28.2 Å². The summed E-state index contributed by atoms with van der Waals surface area (Å²) in [6, 6.07) is 6.29. The van der Waals surface area contributed by atoms with Gasteiger partial charge in [0.15, 0.2) is 0 Å². The van der Waals surface area contributed by atoms with Crippen LogP contribution in [-0.2, 0) is 0 Å². The number of hydrogen-bond donors (Lipinski definition) is 1. The fourth-order valence-electron chi connectivity index (χ4n) is 2.43. The minimum Gasteiger partial charge on any atom is -0.496 e. The molecule has 0 aliphatic rings. The van der Waals surface area contributed by atoms with Gasteiger partial charge in [0.2, 0.25) is 0 Å². The molecule has 1 aromatic rings. The second-order valence-corrected chi connectivity index (χ2v) is 6.36. The Bertz CT molecular complexity index is 405. The number of halogens is 1. The summed E-state index contributed by atoms with van der Waals surface area (Å²) in [6.45, 7) is 4.97. The predicted molar refractivity (Wildman–Crippen MR) is 80.0 cm³/mol. The summed E-state index contributed by atoms with van der Waals surface area (Å²) in [4.78, 5) is 2.19. The van der Waals surface area contributed by atoms with Gasteiger partial charge in [-0.05, 0) is 44.3 Å². The molecule has 1 atom stereocenters. The van der Waals surface area contributed by atoms with E-state index in [1.54, 1.807) is 7.11 Å². The van der Waals surface area contributed by atoms with E-state index in [9.17, 15) is 0 Å². The standard InChI is InChI=1S/C14H23BrN2O/c1-14(2,9-16)13(17(3)4)11-8-10(15)6-7-12(11)18-5/h6-8,13H,9,16H2,1-5H3. The van der Waals surface area contributed by atoms with Gasteiger partial charge in [-0.25, -0.2) is 0 Å². The number of hydrogen-bond acceptors (Lipinski definition) is 3. The fraction of sp³-hybridized carbons (Fsp3) is 0.571. The highest BCUT2D eigenvalue weighted by Crippen LogP contribution is 2.41. The Kier molecular flexibility index (Phi) is 5.20. The number of rotatable bonds is 5. The molecular formula is C14H23BrN2O. The number of nitrogens with zero attached hydrogens (tertiary/aromatic N) is 1. The summed E-state index contributed by atoms with van der Waals surface area (Å²) >= 11 is 3.53. The quantitative estimate of drug-likeness (QED) is 0.907. The molecule has 18 heavy (non-hydrogen) atoms. The van der Waals surface area contributed by atoms with Gasteiger partial charge in [0.25, 0.3) is 0 Å². The van der Waals surface area contributed by atoms with Gasteiger partial charge in [0.05, 0.1) is 7.11 Å². The lowest BCUT2D eigenvalue weighted by molar-refractivity contribution is 0.140. The molecule has 102 valence electrons. The SMILES string of the molecule is COc1ccc(Br)cc1C(N(C)C)C(C)(C)CN. The van der Waals surface area contributed by atoms with Gasteiger partial charge in [-0.15, -0.1) is 0 Å². The van der Waals surface area contributed by atoms with Crippen LogP contribution in [0, 0.1) is 5.41 Å². The zero-order chi connectivity index (χ0) is 13.9. The molecule has 3 nitrogen and oxygen atoms in total. The summed E-state index contributed by atoms with van der Waals surface area (Å²) in [6.07, 6.45) is 0. The molecule has 0 heterocycles. The monoisotopic (exact) mass is 314 g/mol. The van der Waals surface area contributed by atoms with Crippen LogP contribution < -0.4 is 10.5 Å². The molecular weight excluding hydrogens is 292 g/mol. The molecule has 1 aromatic carbocycles. The molecule has 0 spiro atoms. The summed E-state index contributed by atoms with van der Waals surface area (Å²) in [5.41, 5.74) is 7.06. The van der Waals surface area contributed by atoms with Crippen molar-refractivity contribution < 1.29 is 4.74 Å². The van der Waals surface area contributed by atoms with Crippen LogP contribution in [0.2, 0.25) is 0 Å². The van der Waals surface area contributed by atoms with Crippen LogP contribution in [0.5, 0.6) is 5.75 Å². The van der Waals surface area contributed by atoms with E-state index in [4.69, 9.17) is 10.5 Å². The first kappa shape index (κ1) is 15.5. The molecule has 0 amide bonds. The highest BCUT2D eigenvalue weighted by Gasteiger charge is 2.33. The third kappa shape index (κ3) is 3.25. The molecule has 0 aliphatic heterocycles. The van der Waals surface area contributed by atoms with Crippen molar-refractivity contribution in [3.8, 4) is 5.75 Å². The molecule has 0 radical (unpaired) electrons. The molecule has 0 aromatic heterocycles. The van der Waals surface area contributed by atoms with Crippen LogP contribution >= 0.6 is 15.9 Å². The number of ether oxygens (including phenoxy) is 1. The summed E-state index contributed by atoms with van der Waals surface area (Å²) in [5, 5.41) is 0. The first-order valence-electron chi connectivity index (χ1n) is 6.03. The van der Waals surface area contributed by atoms with Crippen LogP contribution in [0.15, 0.2) is 22.7 Å². The van der Waals surface area contributed by atoms with E-state index in [1.165, 1.54) is 0 Å². The van der Waals surface area contributed by atoms with Crippen LogP contribution in [0.3, 0.4) is 0 Å². The predicted octanol–water partition coefficient (Wildman–Crippen LogP) is 3.05. The molecule has 0 bridgehead atoms. The Morgan fingerprint density at radius 1 is 1.39 bits per heavy atom. The van der Waals surface area contributed by atoms with E-state index in [2.05, 4.69) is 54.8 Å². The minimum atomic E-state index is -0.0302. The Morgan fingerprint density at radius 3 is 2.44 bits per heavy atom. The zero-order valence-electron chi connectivity index (χ0n) is 11.8. The average Bonchev–Trinajstić information content (AvgIpc) is 2.28. The zero-order valence-corrected chi connectivity index (χ0v) is 13.4.